The SMILES string of the molecule is Cc1cccc(C=CC(=O)Nc2cccc(S(=O)(=O)NC3=NCCCCC3)c2)c1. The number of amidine groups is 1. The molecule has 3 rings (SSSR count). The van der Waals surface area contributed by atoms with Crippen molar-refractivity contribution in [1.82, 2.24) is 4.72 Å². The number of benzene rings is 2. The molecule has 29 heavy (non-hydrogen) atoms. The van der Waals surface area contributed by atoms with E-state index in [1.54, 1.807) is 18.2 Å². The maximum atomic E-state index is 12.7. The van der Waals surface area contributed by atoms with E-state index in [4.69, 9.17) is 0 Å². The molecular weight excluding hydrogens is 386 g/mol. The lowest BCUT2D eigenvalue weighted by Crippen LogP contribution is -2.30. The average Bonchev–Trinajstić information content (AvgIpc) is 2.95. The molecule has 6 nitrogen and oxygen atoms in total. The number of nitrogens with one attached hydrogen (secondary N) is 2. The quantitative estimate of drug-likeness (QED) is 0.732. The summed E-state index contributed by atoms with van der Waals surface area (Å²) in [5.41, 5.74) is 2.44. The number of carbonyl (C=O) groups excluding carboxylic acids is 1. The van der Waals surface area contributed by atoms with Crippen molar-refractivity contribution in [3.8, 4) is 0 Å². The van der Waals surface area contributed by atoms with E-state index in [0.717, 1.165) is 30.4 Å². The molecule has 0 spiro atoms. The lowest BCUT2D eigenvalue weighted by Gasteiger charge is -2.11. The first kappa shape index (κ1) is 20.8. The van der Waals surface area contributed by atoms with Crippen molar-refractivity contribution in [2.75, 3.05) is 11.9 Å². The molecule has 1 amide bonds. The van der Waals surface area contributed by atoms with Crippen molar-refractivity contribution in [2.45, 2.75) is 37.5 Å². The first-order chi connectivity index (χ1) is 13.9. The number of hydrogen-bond acceptors (Lipinski definition) is 4. The fraction of sp³-hybridized carbons (Fsp3) is 0.273. The minimum absolute atomic E-state index is 0.0879. The van der Waals surface area contributed by atoms with Gasteiger partial charge in [-0.05, 0) is 49.6 Å². The first-order valence-corrected chi connectivity index (χ1v) is 11.1. The highest BCUT2D eigenvalue weighted by Gasteiger charge is 2.17. The van der Waals surface area contributed by atoms with Crippen LogP contribution < -0.4 is 10.0 Å². The van der Waals surface area contributed by atoms with Crippen LogP contribution in [-0.2, 0) is 14.8 Å². The van der Waals surface area contributed by atoms with Crippen molar-refractivity contribution in [3.63, 3.8) is 0 Å². The summed E-state index contributed by atoms with van der Waals surface area (Å²) in [6.45, 7) is 2.62. The Morgan fingerprint density at radius 2 is 1.90 bits per heavy atom. The summed E-state index contributed by atoms with van der Waals surface area (Å²) < 4.78 is 27.9. The Kier molecular flexibility index (Phi) is 6.82. The summed E-state index contributed by atoms with van der Waals surface area (Å²) in [5, 5.41) is 2.70. The summed E-state index contributed by atoms with van der Waals surface area (Å²) in [7, 11) is -3.74. The number of aryl methyl sites for hydroxylation is 1. The zero-order valence-electron chi connectivity index (χ0n) is 16.4. The summed E-state index contributed by atoms with van der Waals surface area (Å²) >= 11 is 0. The molecular formula is C22H25N3O3S. The molecule has 1 heterocycles. The average molecular weight is 412 g/mol. The Hall–Kier alpha value is -2.93. The summed E-state index contributed by atoms with van der Waals surface area (Å²) in [6.07, 6.45) is 6.71. The smallest absolute Gasteiger partial charge is 0.262 e. The summed E-state index contributed by atoms with van der Waals surface area (Å²) in [4.78, 5) is 16.6. The van der Waals surface area contributed by atoms with E-state index in [2.05, 4.69) is 15.0 Å². The maximum absolute atomic E-state index is 12.7. The number of aliphatic imine (C=N–C) groups is 1. The van der Waals surface area contributed by atoms with E-state index in [9.17, 15) is 13.2 Å². The van der Waals surface area contributed by atoms with E-state index in [0.29, 0.717) is 24.5 Å². The van der Waals surface area contributed by atoms with Gasteiger partial charge in [-0.25, -0.2) is 8.42 Å². The molecule has 2 N–H and O–H groups in total. The van der Waals surface area contributed by atoms with Crippen molar-refractivity contribution in [3.05, 3.63) is 65.7 Å². The molecule has 2 aromatic carbocycles. The predicted molar refractivity (Wildman–Crippen MR) is 116 cm³/mol. The number of rotatable bonds is 5. The van der Waals surface area contributed by atoms with Crippen LogP contribution >= 0.6 is 0 Å². The minimum Gasteiger partial charge on any atom is -0.322 e. The number of anilines is 1. The second-order valence-electron chi connectivity index (χ2n) is 7.01. The zero-order valence-corrected chi connectivity index (χ0v) is 17.2. The monoisotopic (exact) mass is 411 g/mol. The number of carbonyl (C=O) groups is 1. The van der Waals surface area contributed by atoms with Gasteiger partial charge in [-0.2, -0.15) is 0 Å². The molecule has 0 saturated heterocycles. The standard InChI is InChI=1S/C22H25N3O3S/c1-17-7-5-8-18(15-17)12-13-22(26)24-19-9-6-10-20(16-19)29(27,28)25-21-11-3-2-4-14-23-21/h5-10,12-13,15-16H,2-4,11,14H2,1H3,(H,23,25)(H,24,26). The van der Waals surface area contributed by atoms with Crippen LogP contribution in [0.4, 0.5) is 5.69 Å². The van der Waals surface area contributed by atoms with E-state index in [-0.39, 0.29) is 10.8 Å². The molecule has 7 heteroatoms. The van der Waals surface area contributed by atoms with Gasteiger partial charge in [0.1, 0.15) is 5.84 Å². The third kappa shape index (κ3) is 6.29. The van der Waals surface area contributed by atoms with Crippen LogP contribution in [0.15, 0.2) is 64.5 Å². The topological polar surface area (TPSA) is 87.6 Å². The molecule has 152 valence electrons. The lowest BCUT2D eigenvalue weighted by atomic mass is 10.1. The van der Waals surface area contributed by atoms with Crippen LogP contribution in [0.3, 0.4) is 0 Å². The highest BCUT2D eigenvalue weighted by molar-refractivity contribution is 7.90. The molecule has 0 radical (unpaired) electrons. The van der Waals surface area contributed by atoms with Gasteiger partial charge in [-0.1, -0.05) is 42.3 Å². The van der Waals surface area contributed by atoms with Gasteiger partial charge in [-0.3, -0.25) is 14.5 Å². The third-order valence-electron chi connectivity index (χ3n) is 4.51. The van der Waals surface area contributed by atoms with Gasteiger partial charge in [0.05, 0.1) is 4.90 Å². The number of sulfonamides is 1. The van der Waals surface area contributed by atoms with Gasteiger partial charge in [0.15, 0.2) is 0 Å². The molecule has 0 saturated carbocycles. The van der Waals surface area contributed by atoms with Crippen molar-refractivity contribution < 1.29 is 13.2 Å². The Bertz CT molecular complexity index is 1040. The molecule has 2 aromatic rings. The van der Waals surface area contributed by atoms with Crippen LogP contribution in [0, 0.1) is 6.92 Å². The Balaban J connectivity index is 1.68. The first-order valence-electron chi connectivity index (χ1n) is 9.64. The minimum atomic E-state index is -3.74. The highest BCUT2D eigenvalue weighted by atomic mass is 32.2. The van der Waals surface area contributed by atoms with Gasteiger partial charge in [0.25, 0.3) is 10.0 Å². The fourth-order valence-electron chi connectivity index (χ4n) is 3.04. The van der Waals surface area contributed by atoms with Gasteiger partial charge in [0.2, 0.25) is 5.91 Å². The lowest BCUT2D eigenvalue weighted by molar-refractivity contribution is -0.111. The fourth-order valence-corrected chi connectivity index (χ4v) is 4.18. The van der Waals surface area contributed by atoms with Crippen LogP contribution in [0.5, 0.6) is 0 Å². The molecule has 0 atom stereocenters. The molecule has 0 unspecified atom stereocenters. The number of hydrogen-bond donors (Lipinski definition) is 2. The molecule has 0 bridgehead atoms. The maximum Gasteiger partial charge on any atom is 0.262 e. The van der Waals surface area contributed by atoms with E-state index >= 15 is 0 Å². The van der Waals surface area contributed by atoms with Crippen molar-refractivity contribution in [2.24, 2.45) is 4.99 Å². The molecule has 1 aliphatic rings. The number of amides is 1. The van der Waals surface area contributed by atoms with Gasteiger partial charge in [0, 0.05) is 24.7 Å². The second kappa shape index (κ2) is 9.52. The molecule has 0 fully saturated rings. The Morgan fingerprint density at radius 3 is 2.72 bits per heavy atom. The van der Waals surface area contributed by atoms with E-state index in [1.807, 2.05) is 31.2 Å². The Labute approximate surface area is 171 Å². The molecule has 0 aliphatic carbocycles. The van der Waals surface area contributed by atoms with Gasteiger partial charge >= 0.3 is 0 Å². The highest BCUT2D eigenvalue weighted by Crippen LogP contribution is 2.17. The summed E-state index contributed by atoms with van der Waals surface area (Å²) in [6, 6.07) is 14.0. The van der Waals surface area contributed by atoms with Gasteiger partial charge < -0.3 is 5.32 Å². The normalized spacial score (nSPS) is 14.9. The van der Waals surface area contributed by atoms with Crippen molar-refractivity contribution in [1.29, 1.82) is 0 Å². The van der Waals surface area contributed by atoms with E-state index in [1.165, 1.54) is 18.2 Å². The van der Waals surface area contributed by atoms with Gasteiger partial charge in [-0.15, -0.1) is 0 Å². The van der Waals surface area contributed by atoms with Crippen LogP contribution in [0.1, 0.15) is 36.8 Å². The molecule has 0 aromatic heterocycles. The van der Waals surface area contributed by atoms with Crippen LogP contribution in [-0.4, -0.2) is 26.7 Å². The zero-order chi connectivity index (χ0) is 20.7. The van der Waals surface area contributed by atoms with Crippen LogP contribution in [0.25, 0.3) is 6.08 Å². The Morgan fingerprint density at radius 1 is 1.07 bits per heavy atom. The van der Waals surface area contributed by atoms with E-state index < -0.39 is 10.0 Å². The summed E-state index contributed by atoms with van der Waals surface area (Å²) in [5.74, 6) is 0.167. The predicted octanol–water partition coefficient (Wildman–Crippen LogP) is 3.90. The van der Waals surface area contributed by atoms with Crippen LogP contribution in [0.2, 0.25) is 0 Å². The largest absolute Gasteiger partial charge is 0.322 e. The van der Waals surface area contributed by atoms with Crippen molar-refractivity contribution >= 4 is 33.5 Å². The third-order valence-corrected chi connectivity index (χ3v) is 5.89. The number of nitrogens with zero attached hydrogens (tertiary/aromatic N) is 1. The second-order valence-corrected chi connectivity index (χ2v) is 8.69. The molecule has 1 aliphatic heterocycles.